The molecule has 0 amide bonds. The quantitative estimate of drug-likeness (QED) is 0.922. The Morgan fingerprint density at radius 3 is 2.74 bits per heavy atom. The van der Waals surface area contributed by atoms with Crippen LogP contribution < -0.4 is 15.2 Å². The molecule has 3 rings (SSSR count). The van der Waals surface area contributed by atoms with Gasteiger partial charge in [-0.05, 0) is 18.2 Å². The third-order valence-corrected chi connectivity index (χ3v) is 3.68. The van der Waals surface area contributed by atoms with Crippen LogP contribution in [0, 0.1) is 0 Å². The molecule has 1 aromatic heterocycles. The van der Waals surface area contributed by atoms with Crippen molar-refractivity contribution in [3.63, 3.8) is 0 Å². The van der Waals surface area contributed by atoms with Gasteiger partial charge < -0.3 is 15.2 Å². The molecule has 1 aliphatic rings. The zero-order valence-electron chi connectivity index (χ0n) is 10.2. The molecule has 0 aliphatic carbocycles. The number of fused-ring (bicyclic) bond motifs is 1. The third-order valence-electron chi connectivity index (χ3n) is 2.66. The van der Waals surface area contributed by atoms with Crippen LogP contribution in [0.1, 0.15) is 5.69 Å². The zero-order valence-corrected chi connectivity index (χ0v) is 11.0. The van der Waals surface area contributed by atoms with Gasteiger partial charge in [-0.1, -0.05) is 11.8 Å². The molecule has 2 N–H and O–H groups in total. The van der Waals surface area contributed by atoms with E-state index in [0.717, 1.165) is 27.1 Å². The third kappa shape index (κ3) is 2.64. The Labute approximate surface area is 115 Å². The lowest BCUT2D eigenvalue weighted by atomic mass is 10.3. The predicted octanol–water partition coefficient (Wildman–Crippen LogP) is 1.86. The molecule has 0 saturated carbocycles. The Bertz CT molecular complexity index is 592. The number of hydrogen-bond donors (Lipinski definition) is 1. The van der Waals surface area contributed by atoms with Crippen molar-refractivity contribution in [2.45, 2.75) is 16.5 Å². The van der Waals surface area contributed by atoms with E-state index in [-0.39, 0.29) is 0 Å². The summed E-state index contributed by atoms with van der Waals surface area (Å²) >= 11 is 1.52. The molecule has 5 nitrogen and oxygen atoms in total. The number of rotatable bonds is 3. The Morgan fingerprint density at radius 1 is 1.11 bits per heavy atom. The van der Waals surface area contributed by atoms with Crippen LogP contribution >= 0.6 is 11.8 Å². The highest BCUT2D eigenvalue weighted by molar-refractivity contribution is 7.99. The van der Waals surface area contributed by atoms with Crippen molar-refractivity contribution in [2.75, 3.05) is 13.2 Å². The summed E-state index contributed by atoms with van der Waals surface area (Å²) < 4.78 is 11.1. The topological polar surface area (TPSA) is 70.3 Å². The molecule has 0 spiro atoms. The van der Waals surface area contributed by atoms with Crippen molar-refractivity contribution in [1.29, 1.82) is 0 Å². The second-order valence-electron chi connectivity index (χ2n) is 3.92. The Hall–Kier alpha value is -1.79. The second-order valence-corrected chi connectivity index (χ2v) is 4.98. The van der Waals surface area contributed by atoms with Crippen LogP contribution in [0.4, 0.5) is 0 Å². The summed E-state index contributed by atoms with van der Waals surface area (Å²) in [6.45, 7) is 1.56. The van der Waals surface area contributed by atoms with Crippen LogP contribution in [-0.4, -0.2) is 23.2 Å². The van der Waals surface area contributed by atoms with Gasteiger partial charge in [0.1, 0.15) is 18.2 Å². The first kappa shape index (κ1) is 12.3. The molecule has 0 fully saturated rings. The van der Waals surface area contributed by atoms with E-state index in [1.807, 2.05) is 18.2 Å². The molecule has 2 aromatic rings. The van der Waals surface area contributed by atoms with Gasteiger partial charge in [-0.25, -0.2) is 4.98 Å². The summed E-state index contributed by atoms with van der Waals surface area (Å²) in [6, 6.07) is 5.84. The van der Waals surface area contributed by atoms with Crippen molar-refractivity contribution in [3.05, 3.63) is 36.3 Å². The van der Waals surface area contributed by atoms with Crippen LogP contribution in [0.15, 0.2) is 40.5 Å². The largest absolute Gasteiger partial charge is 0.486 e. The standard InChI is InChI=1S/C13H13N3O2S/c14-8-10-13(16-4-3-15-10)19-9-1-2-11-12(7-9)18-6-5-17-11/h1-4,7H,5-6,8,14H2. The molecule has 0 bridgehead atoms. The van der Waals surface area contributed by atoms with E-state index in [9.17, 15) is 0 Å². The van der Waals surface area contributed by atoms with Gasteiger partial charge >= 0.3 is 0 Å². The fourth-order valence-corrected chi connectivity index (χ4v) is 2.67. The molecular weight excluding hydrogens is 262 g/mol. The van der Waals surface area contributed by atoms with E-state index < -0.39 is 0 Å². The first-order chi connectivity index (χ1) is 9.36. The average molecular weight is 275 g/mol. The smallest absolute Gasteiger partial charge is 0.162 e. The SMILES string of the molecule is NCc1nccnc1Sc1ccc2c(c1)OCCO2. The van der Waals surface area contributed by atoms with Gasteiger partial charge in [0.15, 0.2) is 11.5 Å². The van der Waals surface area contributed by atoms with Crippen molar-refractivity contribution in [3.8, 4) is 11.5 Å². The first-order valence-electron chi connectivity index (χ1n) is 5.94. The second kappa shape index (κ2) is 5.46. The molecule has 0 unspecified atom stereocenters. The molecule has 98 valence electrons. The maximum absolute atomic E-state index is 5.65. The zero-order chi connectivity index (χ0) is 13.1. The van der Waals surface area contributed by atoms with Gasteiger partial charge in [0.2, 0.25) is 0 Å². The molecule has 0 saturated heterocycles. The molecule has 1 aromatic carbocycles. The maximum Gasteiger partial charge on any atom is 0.162 e. The van der Waals surface area contributed by atoms with Crippen LogP contribution in [0.5, 0.6) is 11.5 Å². The normalized spacial score (nSPS) is 13.3. The highest BCUT2D eigenvalue weighted by Crippen LogP contribution is 2.36. The number of hydrogen-bond acceptors (Lipinski definition) is 6. The summed E-state index contributed by atoms with van der Waals surface area (Å²) in [4.78, 5) is 9.55. The van der Waals surface area contributed by atoms with E-state index in [2.05, 4.69) is 9.97 Å². The molecular formula is C13H13N3O2S. The number of ether oxygens (including phenoxy) is 2. The summed E-state index contributed by atoms with van der Waals surface area (Å²) in [5, 5.41) is 0.821. The van der Waals surface area contributed by atoms with Crippen LogP contribution in [0.2, 0.25) is 0 Å². The predicted molar refractivity (Wildman–Crippen MR) is 71.5 cm³/mol. The van der Waals surface area contributed by atoms with E-state index in [1.165, 1.54) is 11.8 Å². The van der Waals surface area contributed by atoms with Crippen molar-refractivity contribution >= 4 is 11.8 Å². The van der Waals surface area contributed by atoms with E-state index in [0.29, 0.717) is 19.8 Å². The van der Waals surface area contributed by atoms with Gasteiger partial charge in [0.05, 0.1) is 5.69 Å². The van der Waals surface area contributed by atoms with Crippen LogP contribution in [0.25, 0.3) is 0 Å². The van der Waals surface area contributed by atoms with Crippen molar-refractivity contribution in [1.82, 2.24) is 9.97 Å². The maximum atomic E-state index is 5.65. The first-order valence-corrected chi connectivity index (χ1v) is 6.76. The molecule has 0 atom stereocenters. The van der Waals surface area contributed by atoms with Crippen molar-refractivity contribution in [2.24, 2.45) is 5.73 Å². The minimum absolute atomic E-state index is 0.376. The molecule has 19 heavy (non-hydrogen) atoms. The fourth-order valence-electron chi connectivity index (χ4n) is 1.78. The van der Waals surface area contributed by atoms with E-state index >= 15 is 0 Å². The Kier molecular flexibility index (Phi) is 3.52. The molecule has 6 heteroatoms. The van der Waals surface area contributed by atoms with Gasteiger partial charge in [0, 0.05) is 23.8 Å². The minimum Gasteiger partial charge on any atom is -0.486 e. The van der Waals surface area contributed by atoms with E-state index in [4.69, 9.17) is 15.2 Å². The summed E-state index contributed by atoms with van der Waals surface area (Å²) in [5.74, 6) is 1.56. The fraction of sp³-hybridized carbons (Fsp3) is 0.231. The van der Waals surface area contributed by atoms with Crippen molar-refractivity contribution < 1.29 is 9.47 Å². The lowest BCUT2D eigenvalue weighted by Gasteiger charge is -2.18. The molecule has 0 radical (unpaired) electrons. The number of nitrogens with zero attached hydrogens (tertiary/aromatic N) is 2. The minimum atomic E-state index is 0.376. The van der Waals surface area contributed by atoms with Crippen LogP contribution in [-0.2, 0) is 6.54 Å². The summed E-state index contributed by atoms with van der Waals surface area (Å²) in [6.07, 6.45) is 3.32. The lowest BCUT2D eigenvalue weighted by Crippen LogP contribution is -2.15. The van der Waals surface area contributed by atoms with Gasteiger partial charge in [-0.15, -0.1) is 0 Å². The monoisotopic (exact) mass is 275 g/mol. The van der Waals surface area contributed by atoms with Gasteiger partial charge in [-0.2, -0.15) is 0 Å². The highest BCUT2D eigenvalue weighted by Gasteiger charge is 2.13. The summed E-state index contributed by atoms with van der Waals surface area (Å²) in [7, 11) is 0. The highest BCUT2D eigenvalue weighted by atomic mass is 32.2. The molecule has 2 heterocycles. The Morgan fingerprint density at radius 2 is 1.89 bits per heavy atom. The lowest BCUT2D eigenvalue weighted by molar-refractivity contribution is 0.171. The number of aromatic nitrogens is 2. The number of benzene rings is 1. The number of nitrogens with two attached hydrogens (primary N) is 1. The van der Waals surface area contributed by atoms with Gasteiger partial charge in [0.25, 0.3) is 0 Å². The van der Waals surface area contributed by atoms with E-state index in [1.54, 1.807) is 12.4 Å². The Balaban J connectivity index is 1.87. The molecule has 1 aliphatic heterocycles. The summed E-state index contributed by atoms with van der Waals surface area (Å²) in [5.41, 5.74) is 6.45. The van der Waals surface area contributed by atoms with Gasteiger partial charge in [-0.3, -0.25) is 4.98 Å². The average Bonchev–Trinajstić information content (AvgIpc) is 2.48. The van der Waals surface area contributed by atoms with Crippen LogP contribution in [0.3, 0.4) is 0 Å².